The van der Waals surface area contributed by atoms with E-state index in [4.69, 9.17) is 5.73 Å². The van der Waals surface area contributed by atoms with Crippen LogP contribution in [0.5, 0.6) is 0 Å². The van der Waals surface area contributed by atoms with Crippen molar-refractivity contribution in [2.75, 3.05) is 32.7 Å². The Balaban J connectivity index is 1.76. The summed E-state index contributed by atoms with van der Waals surface area (Å²) in [6.45, 7) is 10.8. The van der Waals surface area contributed by atoms with E-state index in [2.05, 4.69) is 23.6 Å². The smallest absolute Gasteiger partial charge is 0.0498 e. The van der Waals surface area contributed by atoms with Crippen molar-refractivity contribution in [1.82, 2.24) is 9.80 Å². The number of nitrogens with two attached hydrogens (primary N) is 1. The van der Waals surface area contributed by atoms with Crippen LogP contribution in [0.3, 0.4) is 0 Å². The first-order chi connectivity index (χ1) is 8.57. The Labute approximate surface area is 112 Å². The first-order valence-corrected chi connectivity index (χ1v) is 7.77. The molecule has 0 amide bonds. The highest BCUT2D eigenvalue weighted by Gasteiger charge is 2.52. The molecule has 0 aliphatic carbocycles. The minimum Gasteiger partial charge on any atom is -0.329 e. The van der Waals surface area contributed by atoms with Crippen molar-refractivity contribution in [2.45, 2.75) is 57.5 Å². The third-order valence-electron chi connectivity index (χ3n) is 5.92. The van der Waals surface area contributed by atoms with Crippen LogP contribution in [-0.2, 0) is 0 Å². The van der Waals surface area contributed by atoms with Gasteiger partial charge >= 0.3 is 0 Å². The molecule has 0 aromatic carbocycles. The average molecular weight is 251 g/mol. The maximum absolute atomic E-state index is 6.25. The Morgan fingerprint density at radius 2 is 1.78 bits per heavy atom. The monoisotopic (exact) mass is 251 g/mol. The van der Waals surface area contributed by atoms with Gasteiger partial charge in [0.1, 0.15) is 0 Å². The van der Waals surface area contributed by atoms with Gasteiger partial charge in [0.2, 0.25) is 0 Å². The molecule has 0 radical (unpaired) electrons. The zero-order chi connectivity index (χ0) is 12.8. The molecule has 3 saturated heterocycles. The fourth-order valence-corrected chi connectivity index (χ4v) is 4.50. The summed E-state index contributed by atoms with van der Waals surface area (Å²) in [7, 11) is 0. The van der Waals surface area contributed by atoms with Gasteiger partial charge in [-0.25, -0.2) is 0 Å². The second kappa shape index (κ2) is 4.46. The highest BCUT2D eigenvalue weighted by Crippen LogP contribution is 2.42. The second-order valence-electron chi connectivity index (χ2n) is 7.40. The van der Waals surface area contributed by atoms with Crippen molar-refractivity contribution in [3.8, 4) is 0 Å². The summed E-state index contributed by atoms with van der Waals surface area (Å²) in [4.78, 5) is 5.46. The zero-order valence-electron chi connectivity index (χ0n) is 12.1. The number of piperidine rings is 1. The number of fused-ring (bicyclic) bond motifs is 1. The number of rotatable bonds is 2. The van der Waals surface area contributed by atoms with E-state index in [1.54, 1.807) is 0 Å². The van der Waals surface area contributed by atoms with E-state index in [9.17, 15) is 0 Å². The summed E-state index contributed by atoms with van der Waals surface area (Å²) in [6, 6.07) is 0.753. The van der Waals surface area contributed by atoms with Crippen LogP contribution in [0.2, 0.25) is 0 Å². The summed E-state index contributed by atoms with van der Waals surface area (Å²) in [5.41, 5.74) is 7.11. The van der Waals surface area contributed by atoms with Gasteiger partial charge < -0.3 is 5.73 Å². The Kier molecular flexibility index (Phi) is 3.20. The number of likely N-dealkylation sites (tertiary alicyclic amines) is 1. The van der Waals surface area contributed by atoms with E-state index in [-0.39, 0.29) is 0 Å². The molecule has 2 unspecified atom stereocenters. The summed E-state index contributed by atoms with van der Waals surface area (Å²) >= 11 is 0. The van der Waals surface area contributed by atoms with Gasteiger partial charge in [-0.05, 0) is 57.2 Å². The van der Waals surface area contributed by atoms with Crippen LogP contribution >= 0.6 is 0 Å². The number of hydrogen-bond donors (Lipinski definition) is 1. The molecule has 0 aromatic heterocycles. The summed E-state index contributed by atoms with van der Waals surface area (Å²) in [6.07, 6.45) is 6.72. The van der Waals surface area contributed by atoms with Gasteiger partial charge in [0.05, 0.1) is 0 Å². The predicted molar refractivity (Wildman–Crippen MR) is 75.6 cm³/mol. The fraction of sp³-hybridized carbons (Fsp3) is 1.00. The molecule has 3 heterocycles. The van der Waals surface area contributed by atoms with Gasteiger partial charge in [-0.1, -0.05) is 13.8 Å². The first-order valence-electron chi connectivity index (χ1n) is 7.77. The van der Waals surface area contributed by atoms with Crippen molar-refractivity contribution in [3.05, 3.63) is 0 Å². The van der Waals surface area contributed by atoms with Crippen LogP contribution in [0.1, 0.15) is 46.0 Å². The van der Waals surface area contributed by atoms with Crippen molar-refractivity contribution in [2.24, 2.45) is 11.1 Å². The molecule has 3 aliphatic rings. The van der Waals surface area contributed by atoms with Crippen molar-refractivity contribution in [1.29, 1.82) is 0 Å². The Morgan fingerprint density at radius 1 is 1.06 bits per heavy atom. The van der Waals surface area contributed by atoms with E-state index < -0.39 is 0 Å². The van der Waals surface area contributed by atoms with Crippen molar-refractivity contribution < 1.29 is 0 Å². The lowest BCUT2D eigenvalue weighted by Crippen LogP contribution is -2.62. The quantitative estimate of drug-likeness (QED) is 0.810. The normalized spacial score (nSPS) is 41.2. The minimum absolute atomic E-state index is 0.312. The number of hydrogen-bond acceptors (Lipinski definition) is 3. The van der Waals surface area contributed by atoms with Gasteiger partial charge in [-0.2, -0.15) is 0 Å². The maximum Gasteiger partial charge on any atom is 0.0498 e. The van der Waals surface area contributed by atoms with Crippen LogP contribution in [0, 0.1) is 5.41 Å². The van der Waals surface area contributed by atoms with E-state index in [0.29, 0.717) is 11.0 Å². The van der Waals surface area contributed by atoms with Gasteiger partial charge in [-0.15, -0.1) is 0 Å². The van der Waals surface area contributed by atoms with E-state index in [0.717, 1.165) is 12.6 Å². The molecule has 104 valence electrons. The van der Waals surface area contributed by atoms with Gasteiger partial charge in [0, 0.05) is 24.7 Å². The molecule has 3 aliphatic heterocycles. The van der Waals surface area contributed by atoms with E-state index in [1.165, 1.54) is 58.3 Å². The third-order valence-corrected chi connectivity index (χ3v) is 5.92. The minimum atomic E-state index is 0.312. The highest BCUT2D eigenvalue weighted by atomic mass is 15.3. The average Bonchev–Trinajstić information content (AvgIpc) is 2.91. The third kappa shape index (κ3) is 1.91. The van der Waals surface area contributed by atoms with E-state index >= 15 is 0 Å². The molecule has 0 bridgehead atoms. The molecule has 0 aromatic rings. The zero-order valence-corrected chi connectivity index (χ0v) is 12.1. The van der Waals surface area contributed by atoms with Crippen LogP contribution in [0.4, 0.5) is 0 Å². The van der Waals surface area contributed by atoms with Crippen molar-refractivity contribution in [3.63, 3.8) is 0 Å². The summed E-state index contributed by atoms with van der Waals surface area (Å²) in [5, 5.41) is 0. The molecule has 0 spiro atoms. The molecular formula is C15H29N3. The number of nitrogens with zero attached hydrogens (tertiary/aromatic N) is 2. The molecule has 0 saturated carbocycles. The molecule has 3 rings (SSSR count). The largest absolute Gasteiger partial charge is 0.329 e. The lowest BCUT2D eigenvalue weighted by molar-refractivity contribution is 0.0156. The Bertz CT molecular complexity index is 305. The van der Waals surface area contributed by atoms with Gasteiger partial charge in [-0.3, -0.25) is 9.80 Å². The maximum atomic E-state index is 6.25. The second-order valence-corrected chi connectivity index (χ2v) is 7.40. The lowest BCUT2D eigenvalue weighted by Gasteiger charge is -2.49. The SMILES string of the molecule is CC1(C)CCN(C2(CN)CCN3CCCC32)CC1. The Hall–Kier alpha value is -0.120. The molecule has 2 N–H and O–H groups in total. The molecule has 3 heteroatoms. The van der Waals surface area contributed by atoms with Crippen LogP contribution in [0.15, 0.2) is 0 Å². The van der Waals surface area contributed by atoms with Crippen molar-refractivity contribution >= 4 is 0 Å². The van der Waals surface area contributed by atoms with Crippen LogP contribution in [-0.4, -0.2) is 54.1 Å². The van der Waals surface area contributed by atoms with Gasteiger partial charge in [0.25, 0.3) is 0 Å². The topological polar surface area (TPSA) is 32.5 Å². The molecule has 18 heavy (non-hydrogen) atoms. The van der Waals surface area contributed by atoms with E-state index in [1.807, 2.05) is 0 Å². The molecule has 2 atom stereocenters. The van der Waals surface area contributed by atoms with Crippen LogP contribution in [0.25, 0.3) is 0 Å². The highest BCUT2D eigenvalue weighted by molar-refractivity contribution is 5.10. The summed E-state index contributed by atoms with van der Waals surface area (Å²) in [5.74, 6) is 0. The molecule has 3 nitrogen and oxygen atoms in total. The Morgan fingerprint density at radius 3 is 2.44 bits per heavy atom. The lowest BCUT2D eigenvalue weighted by atomic mass is 9.78. The molecule has 3 fully saturated rings. The first kappa shape index (κ1) is 12.9. The fourth-order valence-electron chi connectivity index (χ4n) is 4.50. The molecular weight excluding hydrogens is 222 g/mol. The predicted octanol–water partition coefficient (Wildman–Crippen LogP) is 1.67. The van der Waals surface area contributed by atoms with Crippen LogP contribution < -0.4 is 5.73 Å². The standard InChI is InChI=1S/C15H29N3/c1-14(2)5-10-18(11-6-14)15(12-16)7-9-17-8-3-4-13(15)17/h13H,3-12,16H2,1-2H3. The van der Waals surface area contributed by atoms with Gasteiger partial charge in [0.15, 0.2) is 0 Å². The summed E-state index contributed by atoms with van der Waals surface area (Å²) < 4.78 is 0.